The first-order valence-corrected chi connectivity index (χ1v) is 10.5. The Hall–Kier alpha value is -1.79. The molecular formula is C21H31N3O2S. The smallest absolute Gasteiger partial charge is 0.262 e. The number of para-hydroxylation sites is 1. The predicted molar refractivity (Wildman–Crippen MR) is 113 cm³/mol. The molecule has 2 amide bonds. The molecule has 0 aromatic heterocycles. The van der Waals surface area contributed by atoms with E-state index in [1.807, 2.05) is 24.3 Å². The van der Waals surface area contributed by atoms with Crippen molar-refractivity contribution < 1.29 is 9.59 Å². The summed E-state index contributed by atoms with van der Waals surface area (Å²) < 4.78 is 0. The monoisotopic (exact) mass is 389 g/mol. The summed E-state index contributed by atoms with van der Waals surface area (Å²) in [7, 11) is 0. The van der Waals surface area contributed by atoms with Gasteiger partial charge in [0.25, 0.3) is 5.91 Å². The first kappa shape index (κ1) is 21.5. The Morgan fingerprint density at radius 3 is 2.52 bits per heavy atom. The second-order valence-electron chi connectivity index (χ2n) is 7.75. The van der Waals surface area contributed by atoms with Gasteiger partial charge in [-0.2, -0.15) is 0 Å². The fraction of sp³-hybridized carbons (Fsp3) is 0.524. The van der Waals surface area contributed by atoms with E-state index in [1.54, 1.807) is 0 Å². The summed E-state index contributed by atoms with van der Waals surface area (Å²) in [6.07, 6.45) is 2.30. The van der Waals surface area contributed by atoms with Gasteiger partial charge in [-0.1, -0.05) is 51.6 Å². The molecule has 148 valence electrons. The topological polar surface area (TPSA) is 61.4 Å². The number of carbonyl (C=O) groups excluding carboxylic acids is 2. The SMILES string of the molecule is CC(C)CN(CCCNC(=O)C=C1Sc2ccccc2NC1=O)CC(C)C. The quantitative estimate of drug-likeness (QED) is 0.499. The van der Waals surface area contributed by atoms with Gasteiger partial charge in [-0.05, 0) is 36.9 Å². The highest BCUT2D eigenvalue weighted by Gasteiger charge is 2.21. The van der Waals surface area contributed by atoms with E-state index in [0.29, 0.717) is 23.3 Å². The largest absolute Gasteiger partial charge is 0.352 e. The highest BCUT2D eigenvalue weighted by Crippen LogP contribution is 2.37. The minimum atomic E-state index is -0.228. The molecule has 0 atom stereocenters. The molecule has 0 radical (unpaired) electrons. The van der Waals surface area contributed by atoms with Gasteiger partial charge in [0.05, 0.1) is 10.6 Å². The molecule has 0 fully saturated rings. The lowest BCUT2D eigenvalue weighted by Gasteiger charge is -2.26. The summed E-state index contributed by atoms with van der Waals surface area (Å²) in [6.45, 7) is 12.6. The summed E-state index contributed by atoms with van der Waals surface area (Å²) in [5.74, 6) is 0.820. The molecule has 0 saturated carbocycles. The molecule has 1 heterocycles. The number of benzene rings is 1. The Balaban J connectivity index is 1.80. The fourth-order valence-electron chi connectivity index (χ4n) is 3.08. The summed E-state index contributed by atoms with van der Waals surface area (Å²) in [4.78, 5) is 28.1. The number of anilines is 1. The lowest BCUT2D eigenvalue weighted by atomic mass is 10.1. The maximum Gasteiger partial charge on any atom is 0.262 e. The molecule has 6 heteroatoms. The molecule has 0 aliphatic carbocycles. The molecule has 2 rings (SSSR count). The summed E-state index contributed by atoms with van der Waals surface area (Å²) in [5.41, 5.74) is 0.792. The molecule has 27 heavy (non-hydrogen) atoms. The van der Waals surface area contributed by atoms with Crippen molar-refractivity contribution in [3.05, 3.63) is 35.2 Å². The number of carbonyl (C=O) groups is 2. The Kier molecular flexibility index (Phi) is 8.38. The Morgan fingerprint density at radius 1 is 1.19 bits per heavy atom. The van der Waals surface area contributed by atoms with E-state index < -0.39 is 0 Å². The molecule has 1 aliphatic rings. The predicted octanol–water partition coefficient (Wildman–Crippen LogP) is 3.74. The van der Waals surface area contributed by atoms with Gasteiger partial charge in [0.2, 0.25) is 5.91 Å². The van der Waals surface area contributed by atoms with E-state index in [2.05, 4.69) is 43.2 Å². The van der Waals surface area contributed by atoms with Gasteiger partial charge in [-0.3, -0.25) is 9.59 Å². The van der Waals surface area contributed by atoms with Crippen LogP contribution in [0, 0.1) is 11.8 Å². The van der Waals surface area contributed by atoms with Crippen LogP contribution in [0.2, 0.25) is 0 Å². The molecule has 1 aromatic rings. The average molecular weight is 390 g/mol. The lowest BCUT2D eigenvalue weighted by molar-refractivity contribution is -0.117. The normalized spacial score (nSPS) is 15.4. The zero-order chi connectivity index (χ0) is 19.8. The molecule has 0 spiro atoms. The maximum atomic E-state index is 12.2. The number of rotatable bonds is 9. The third kappa shape index (κ3) is 7.39. The van der Waals surface area contributed by atoms with Crippen molar-refractivity contribution in [2.24, 2.45) is 11.8 Å². The van der Waals surface area contributed by atoms with Crippen LogP contribution in [0.1, 0.15) is 34.1 Å². The van der Waals surface area contributed by atoms with Crippen LogP contribution in [0.25, 0.3) is 0 Å². The Morgan fingerprint density at radius 2 is 1.85 bits per heavy atom. The van der Waals surface area contributed by atoms with Crippen LogP contribution in [-0.2, 0) is 9.59 Å². The number of hydrogen-bond donors (Lipinski definition) is 2. The zero-order valence-electron chi connectivity index (χ0n) is 16.7. The third-order valence-electron chi connectivity index (χ3n) is 4.04. The molecular weight excluding hydrogens is 358 g/mol. The lowest BCUT2D eigenvalue weighted by Crippen LogP contribution is -2.34. The van der Waals surface area contributed by atoms with Gasteiger partial charge >= 0.3 is 0 Å². The highest BCUT2D eigenvalue weighted by atomic mass is 32.2. The minimum Gasteiger partial charge on any atom is -0.352 e. The summed E-state index contributed by atoms with van der Waals surface area (Å²) >= 11 is 1.33. The molecule has 1 aliphatic heterocycles. The van der Waals surface area contributed by atoms with Gasteiger partial charge in [0, 0.05) is 30.6 Å². The van der Waals surface area contributed by atoms with E-state index in [-0.39, 0.29) is 11.8 Å². The number of amides is 2. The fourth-order valence-corrected chi connectivity index (χ4v) is 4.00. The van der Waals surface area contributed by atoms with Crippen LogP contribution >= 0.6 is 11.8 Å². The van der Waals surface area contributed by atoms with E-state index in [4.69, 9.17) is 0 Å². The van der Waals surface area contributed by atoms with Gasteiger partial charge in [0.15, 0.2) is 0 Å². The summed E-state index contributed by atoms with van der Waals surface area (Å²) in [6, 6.07) is 7.59. The first-order valence-electron chi connectivity index (χ1n) is 9.65. The average Bonchev–Trinajstić information content (AvgIpc) is 2.58. The number of nitrogens with one attached hydrogen (secondary N) is 2. The van der Waals surface area contributed by atoms with E-state index in [0.717, 1.165) is 36.6 Å². The van der Waals surface area contributed by atoms with Crippen LogP contribution < -0.4 is 10.6 Å². The molecule has 5 nitrogen and oxygen atoms in total. The van der Waals surface area contributed by atoms with Crippen LogP contribution in [-0.4, -0.2) is 42.9 Å². The van der Waals surface area contributed by atoms with Gasteiger partial charge in [0.1, 0.15) is 0 Å². The third-order valence-corrected chi connectivity index (χ3v) is 5.14. The second kappa shape index (κ2) is 10.5. The van der Waals surface area contributed by atoms with E-state index in [9.17, 15) is 9.59 Å². The Labute approximate surface area is 167 Å². The zero-order valence-corrected chi connectivity index (χ0v) is 17.6. The van der Waals surface area contributed by atoms with Crippen molar-refractivity contribution in [2.75, 3.05) is 31.5 Å². The number of nitrogens with zero attached hydrogens (tertiary/aromatic N) is 1. The maximum absolute atomic E-state index is 12.2. The van der Waals surface area contributed by atoms with Gasteiger partial charge < -0.3 is 15.5 Å². The first-order chi connectivity index (χ1) is 12.8. The van der Waals surface area contributed by atoms with Crippen LogP contribution in [0.5, 0.6) is 0 Å². The van der Waals surface area contributed by atoms with Crippen LogP contribution in [0.15, 0.2) is 40.1 Å². The van der Waals surface area contributed by atoms with Crippen molar-refractivity contribution >= 4 is 29.3 Å². The summed E-state index contributed by atoms with van der Waals surface area (Å²) in [5, 5.41) is 5.72. The van der Waals surface area contributed by atoms with Crippen molar-refractivity contribution in [3.8, 4) is 0 Å². The standard InChI is InChI=1S/C21H31N3O2S/c1-15(2)13-24(14-16(3)4)11-7-10-22-20(25)12-19-21(26)23-17-8-5-6-9-18(17)27-19/h5-6,8-9,12,15-16H,7,10-11,13-14H2,1-4H3,(H,22,25)(H,23,26). The number of thioether (sulfide) groups is 1. The van der Waals surface area contributed by atoms with Crippen molar-refractivity contribution in [3.63, 3.8) is 0 Å². The second-order valence-corrected chi connectivity index (χ2v) is 8.84. The highest BCUT2D eigenvalue weighted by molar-refractivity contribution is 8.04. The molecule has 0 unspecified atom stereocenters. The van der Waals surface area contributed by atoms with Crippen molar-refractivity contribution in [2.45, 2.75) is 39.0 Å². The number of fused-ring (bicyclic) bond motifs is 1. The van der Waals surface area contributed by atoms with Gasteiger partial charge in [-0.25, -0.2) is 0 Å². The molecule has 0 saturated heterocycles. The van der Waals surface area contributed by atoms with Crippen LogP contribution in [0.3, 0.4) is 0 Å². The Bertz CT molecular complexity index is 676. The van der Waals surface area contributed by atoms with Crippen molar-refractivity contribution in [1.82, 2.24) is 10.2 Å². The molecule has 2 N–H and O–H groups in total. The number of hydrogen-bond acceptors (Lipinski definition) is 4. The minimum absolute atomic E-state index is 0.216. The molecule has 0 bridgehead atoms. The van der Waals surface area contributed by atoms with E-state index >= 15 is 0 Å². The van der Waals surface area contributed by atoms with Gasteiger partial charge in [-0.15, -0.1) is 0 Å². The van der Waals surface area contributed by atoms with E-state index in [1.165, 1.54) is 17.8 Å². The van der Waals surface area contributed by atoms with Crippen LogP contribution in [0.4, 0.5) is 5.69 Å². The van der Waals surface area contributed by atoms with Crippen molar-refractivity contribution in [1.29, 1.82) is 0 Å². The molecule has 1 aromatic carbocycles.